The minimum Gasteiger partial charge on any atom is -0.382 e. The number of hydrogen-bond acceptors (Lipinski definition) is 4. The molecule has 21 heavy (non-hydrogen) atoms. The Labute approximate surface area is 124 Å². The summed E-state index contributed by atoms with van der Waals surface area (Å²) < 4.78 is 24.9. The molecule has 3 rings (SSSR count). The van der Waals surface area contributed by atoms with Crippen molar-refractivity contribution in [2.75, 3.05) is 16.8 Å². The zero-order valence-corrected chi connectivity index (χ0v) is 12.6. The van der Waals surface area contributed by atoms with Crippen LogP contribution < -0.4 is 5.32 Å². The first-order chi connectivity index (χ1) is 10.1. The predicted octanol–water partition coefficient (Wildman–Crippen LogP) is 1.92. The van der Waals surface area contributed by atoms with E-state index in [-0.39, 0.29) is 6.04 Å². The molecule has 2 aromatic rings. The SMILES string of the molecule is O=S1(=O)CCC(Nc2cccc(Cn3ccnc3)c2)CC1. The fourth-order valence-corrected chi connectivity index (χ4v) is 4.11. The van der Waals surface area contributed by atoms with Crippen molar-refractivity contribution in [3.05, 3.63) is 48.5 Å². The highest BCUT2D eigenvalue weighted by Crippen LogP contribution is 2.19. The van der Waals surface area contributed by atoms with Crippen molar-refractivity contribution in [2.24, 2.45) is 0 Å². The van der Waals surface area contributed by atoms with Gasteiger partial charge in [-0.05, 0) is 30.5 Å². The van der Waals surface area contributed by atoms with E-state index in [1.165, 1.54) is 5.56 Å². The zero-order chi connectivity index (χ0) is 14.7. The topological polar surface area (TPSA) is 64.0 Å². The van der Waals surface area contributed by atoms with Crippen molar-refractivity contribution in [2.45, 2.75) is 25.4 Å². The van der Waals surface area contributed by atoms with E-state index in [1.54, 1.807) is 12.5 Å². The monoisotopic (exact) mass is 305 g/mol. The van der Waals surface area contributed by atoms with Crippen molar-refractivity contribution >= 4 is 15.5 Å². The molecule has 1 aromatic carbocycles. The maximum absolute atomic E-state index is 11.4. The number of benzene rings is 1. The summed E-state index contributed by atoms with van der Waals surface area (Å²) >= 11 is 0. The second-order valence-electron chi connectivity index (χ2n) is 5.51. The Morgan fingerprint density at radius 3 is 2.81 bits per heavy atom. The van der Waals surface area contributed by atoms with E-state index in [9.17, 15) is 8.42 Å². The molecular formula is C15H19N3O2S. The average Bonchev–Trinajstić information content (AvgIpc) is 2.95. The van der Waals surface area contributed by atoms with E-state index < -0.39 is 9.84 Å². The van der Waals surface area contributed by atoms with Crippen molar-refractivity contribution in [1.82, 2.24) is 9.55 Å². The number of sulfone groups is 1. The van der Waals surface area contributed by atoms with Gasteiger partial charge in [-0.2, -0.15) is 0 Å². The van der Waals surface area contributed by atoms with Gasteiger partial charge in [-0.25, -0.2) is 13.4 Å². The molecule has 6 heteroatoms. The molecule has 1 aromatic heterocycles. The van der Waals surface area contributed by atoms with Gasteiger partial charge in [0.05, 0.1) is 17.8 Å². The summed E-state index contributed by atoms with van der Waals surface area (Å²) in [6.07, 6.45) is 6.88. The van der Waals surface area contributed by atoms with Crippen molar-refractivity contribution in [1.29, 1.82) is 0 Å². The highest BCUT2D eigenvalue weighted by Gasteiger charge is 2.23. The van der Waals surface area contributed by atoms with E-state index in [1.807, 2.05) is 22.9 Å². The standard InChI is InChI=1S/C15H19N3O2S/c19-21(20)8-4-14(5-9-21)17-15-3-1-2-13(10-15)11-18-7-6-16-12-18/h1-3,6-7,10,12,14,17H,4-5,8-9,11H2. The fourth-order valence-electron chi connectivity index (χ4n) is 2.62. The maximum Gasteiger partial charge on any atom is 0.150 e. The van der Waals surface area contributed by atoms with Gasteiger partial charge >= 0.3 is 0 Å². The molecule has 0 bridgehead atoms. The summed E-state index contributed by atoms with van der Waals surface area (Å²) in [5.74, 6) is 0.582. The Kier molecular flexibility index (Phi) is 3.96. The van der Waals surface area contributed by atoms with Crippen LogP contribution in [0, 0.1) is 0 Å². The van der Waals surface area contributed by atoms with Gasteiger partial charge in [-0.15, -0.1) is 0 Å². The third kappa shape index (κ3) is 3.85. The van der Waals surface area contributed by atoms with Crippen LogP contribution in [-0.2, 0) is 16.4 Å². The first-order valence-electron chi connectivity index (χ1n) is 7.12. The van der Waals surface area contributed by atoms with E-state index in [0.717, 1.165) is 12.2 Å². The van der Waals surface area contributed by atoms with Gasteiger partial charge in [-0.1, -0.05) is 12.1 Å². The Hall–Kier alpha value is -1.82. The van der Waals surface area contributed by atoms with Crippen molar-refractivity contribution in [3.63, 3.8) is 0 Å². The van der Waals surface area contributed by atoms with Gasteiger partial charge in [0, 0.05) is 30.7 Å². The smallest absolute Gasteiger partial charge is 0.150 e. The first-order valence-corrected chi connectivity index (χ1v) is 8.94. The molecule has 0 spiro atoms. The third-order valence-corrected chi connectivity index (χ3v) is 5.49. The number of anilines is 1. The Balaban J connectivity index is 1.64. The van der Waals surface area contributed by atoms with Crippen LogP contribution in [-0.4, -0.2) is 35.5 Å². The lowest BCUT2D eigenvalue weighted by Crippen LogP contribution is -2.32. The molecule has 0 amide bonds. The summed E-state index contributed by atoms with van der Waals surface area (Å²) in [4.78, 5) is 4.04. The normalized spacial score (nSPS) is 18.5. The molecule has 5 nitrogen and oxygen atoms in total. The largest absolute Gasteiger partial charge is 0.382 e. The number of rotatable bonds is 4. The molecular weight excluding hydrogens is 286 g/mol. The number of nitrogens with one attached hydrogen (secondary N) is 1. The molecule has 0 saturated carbocycles. The quantitative estimate of drug-likeness (QED) is 0.937. The average molecular weight is 305 g/mol. The van der Waals surface area contributed by atoms with Gasteiger partial charge in [0.15, 0.2) is 0 Å². The highest BCUT2D eigenvalue weighted by molar-refractivity contribution is 7.91. The number of nitrogens with zero attached hydrogens (tertiary/aromatic N) is 2. The molecule has 1 N–H and O–H groups in total. The first kappa shape index (κ1) is 14.1. The van der Waals surface area contributed by atoms with Crippen LogP contribution >= 0.6 is 0 Å². The summed E-state index contributed by atoms with van der Waals surface area (Å²) in [5.41, 5.74) is 2.25. The van der Waals surface area contributed by atoms with Crippen LogP contribution in [0.4, 0.5) is 5.69 Å². The zero-order valence-electron chi connectivity index (χ0n) is 11.8. The van der Waals surface area contributed by atoms with Gasteiger partial charge < -0.3 is 9.88 Å². The highest BCUT2D eigenvalue weighted by atomic mass is 32.2. The second-order valence-corrected chi connectivity index (χ2v) is 7.81. The second kappa shape index (κ2) is 5.89. The number of aromatic nitrogens is 2. The van der Waals surface area contributed by atoms with Crippen LogP contribution in [0.2, 0.25) is 0 Å². The fraction of sp³-hybridized carbons (Fsp3) is 0.400. The summed E-state index contributed by atoms with van der Waals surface area (Å²) in [6.45, 7) is 0.786. The maximum atomic E-state index is 11.4. The number of imidazole rings is 1. The summed E-state index contributed by atoms with van der Waals surface area (Å²) in [6, 6.07) is 8.49. The van der Waals surface area contributed by atoms with E-state index in [4.69, 9.17) is 0 Å². The molecule has 1 saturated heterocycles. The minimum atomic E-state index is -2.80. The summed E-state index contributed by atoms with van der Waals surface area (Å²) in [5, 5.41) is 3.45. The molecule has 112 valence electrons. The van der Waals surface area contributed by atoms with Crippen LogP contribution in [0.5, 0.6) is 0 Å². The Morgan fingerprint density at radius 1 is 1.29 bits per heavy atom. The van der Waals surface area contributed by atoms with E-state index in [2.05, 4.69) is 22.4 Å². The van der Waals surface area contributed by atoms with Crippen LogP contribution in [0.3, 0.4) is 0 Å². The van der Waals surface area contributed by atoms with E-state index >= 15 is 0 Å². The molecule has 2 heterocycles. The lowest BCUT2D eigenvalue weighted by molar-refractivity contribution is 0.559. The lowest BCUT2D eigenvalue weighted by Gasteiger charge is -2.24. The van der Waals surface area contributed by atoms with E-state index in [0.29, 0.717) is 24.3 Å². The molecule has 1 aliphatic rings. The predicted molar refractivity (Wildman–Crippen MR) is 83.1 cm³/mol. The molecule has 1 aliphatic heterocycles. The summed E-state index contributed by atoms with van der Waals surface area (Å²) in [7, 11) is -2.80. The molecule has 0 radical (unpaired) electrons. The van der Waals surface area contributed by atoms with Crippen LogP contribution in [0.1, 0.15) is 18.4 Å². The van der Waals surface area contributed by atoms with Gasteiger partial charge in [0.1, 0.15) is 9.84 Å². The molecule has 0 unspecified atom stereocenters. The Bertz CT molecular complexity index is 681. The third-order valence-electron chi connectivity index (χ3n) is 3.78. The van der Waals surface area contributed by atoms with Gasteiger partial charge in [0.2, 0.25) is 0 Å². The van der Waals surface area contributed by atoms with Crippen molar-refractivity contribution < 1.29 is 8.42 Å². The Morgan fingerprint density at radius 2 is 2.10 bits per heavy atom. The van der Waals surface area contributed by atoms with Gasteiger partial charge in [0.25, 0.3) is 0 Å². The molecule has 1 fully saturated rings. The van der Waals surface area contributed by atoms with Crippen molar-refractivity contribution in [3.8, 4) is 0 Å². The van der Waals surface area contributed by atoms with Gasteiger partial charge in [-0.3, -0.25) is 0 Å². The number of hydrogen-bond donors (Lipinski definition) is 1. The van der Waals surface area contributed by atoms with Crippen LogP contribution in [0.25, 0.3) is 0 Å². The molecule has 0 atom stereocenters. The molecule has 0 aliphatic carbocycles. The minimum absolute atomic E-state index is 0.247. The van der Waals surface area contributed by atoms with Crippen LogP contribution in [0.15, 0.2) is 43.0 Å². The lowest BCUT2D eigenvalue weighted by atomic mass is 10.1.